The van der Waals surface area contributed by atoms with Crippen LogP contribution < -0.4 is 0 Å². The van der Waals surface area contributed by atoms with Gasteiger partial charge in [-0.2, -0.15) is 0 Å². The van der Waals surface area contributed by atoms with E-state index in [0.29, 0.717) is 0 Å². The molecule has 0 bridgehead atoms. The molecule has 1 fully saturated rings. The fourth-order valence-electron chi connectivity index (χ4n) is 1.78. The first-order valence-corrected chi connectivity index (χ1v) is 8.47. The Balaban J connectivity index is 2.68. The van der Waals surface area contributed by atoms with Gasteiger partial charge in [0.25, 0.3) is 8.18 Å². The molecule has 11 heteroatoms. The van der Waals surface area contributed by atoms with E-state index in [-0.39, 0.29) is 24.8 Å². The molecule has 0 saturated carbocycles. The highest BCUT2D eigenvalue weighted by Gasteiger charge is 2.45. The van der Waals surface area contributed by atoms with Crippen molar-refractivity contribution in [1.82, 2.24) is 4.67 Å². The van der Waals surface area contributed by atoms with Crippen LogP contribution in [0.15, 0.2) is 0 Å². The van der Waals surface area contributed by atoms with Gasteiger partial charge in [-0.05, 0) is 0 Å². The third-order valence-electron chi connectivity index (χ3n) is 2.96. The fraction of sp³-hybridized carbons (Fsp3) is 1.00. The van der Waals surface area contributed by atoms with Gasteiger partial charge >= 0.3 is 0 Å². The van der Waals surface area contributed by atoms with Crippen molar-refractivity contribution in [2.45, 2.75) is 30.7 Å². The predicted molar refractivity (Wildman–Crippen MR) is 75.5 cm³/mol. The largest absolute Gasteiger partial charge is 0.394 e. The normalized spacial score (nSPS) is 34.2. The highest BCUT2D eigenvalue weighted by Crippen LogP contribution is 2.34. The Labute approximate surface area is 133 Å². The number of ether oxygens (including phenoxy) is 1. The summed E-state index contributed by atoms with van der Waals surface area (Å²) in [5, 5.41) is 38.0. The van der Waals surface area contributed by atoms with Crippen LogP contribution >= 0.6 is 31.4 Å². The lowest BCUT2D eigenvalue weighted by atomic mass is 10.00. The summed E-state index contributed by atoms with van der Waals surface area (Å²) in [4.78, 5) is 0. The second-order valence-electron chi connectivity index (χ2n) is 4.37. The van der Waals surface area contributed by atoms with Crippen LogP contribution in [0.25, 0.3) is 0 Å². The smallest absolute Gasteiger partial charge is 0.300 e. The van der Waals surface area contributed by atoms with Gasteiger partial charge in [-0.1, -0.05) is 0 Å². The second kappa shape index (κ2) is 9.52. The third kappa shape index (κ3) is 5.21. The second-order valence-corrected chi connectivity index (χ2v) is 6.38. The van der Waals surface area contributed by atoms with Gasteiger partial charge in [0.1, 0.15) is 24.4 Å². The SMILES string of the molecule is O=[P](O[C@@H]1O[C@H](CO)[C@@H](O)[C@H](O)[C@H]1O)N(CCCl)CCCl. The van der Waals surface area contributed by atoms with Crippen LogP contribution in [0.2, 0.25) is 0 Å². The average molecular weight is 367 g/mol. The van der Waals surface area contributed by atoms with Crippen molar-refractivity contribution in [2.24, 2.45) is 0 Å². The molecule has 0 amide bonds. The summed E-state index contributed by atoms with van der Waals surface area (Å²) in [5.41, 5.74) is 0. The molecule has 4 N–H and O–H groups in total. The van der Waals surface area contributed by atoms with Crippen LogP contribution in [0.5, 0.6) is 0 Å². The lowest BCUT2D eigenvalue weighted by molar-refractivity contribution is -0.277. The van der Waals surface area contributed by atoms with E-state index in [4.69, 9.17) is 37.6 Å². The van der Waals surface area contributed by atoms with Crippen molar-refractivity contribution < 1.29 is 34.3 Å². The quantitative estimate of drug-likeness (QED) is 0.327. The van der Waals surface area contributed by atoms with Crippen molar-refractivity contribution in [3.63, 3.8) is 0 Å². The Morgan fingerprint density at radius 2 is 1.67 bits per heavy atom. The summed E-state index contributed by atoms with van der Waals surface area (Å²) >= 11 is 11.2. The number of hydrogen-bond acceptors (Lipinski definition) is 7. The molecule has 0 aromatic heterocycles. The zero-order valence-electron chi connectivity index (χ0n) is 11.1. The van der Waals surface area contributed by atoms with Crippen LogP contribution in [0.1, 0.15) is 0 Å². The summed E-state index contributed by atoms with van der Waals surface area (Å²) in [6.07, 6.45) is -7.25. The summed E-state index contributed by atoms with van der Waals surface area (Å²) in [6, 6.07) is 0. The molecule has 1 unspecified atom stereocenters. The van der Waals surface area contributed by atoms with E-state index in [1.165, 1.54) is 4.67 Å². The van der Waals surface area contributed by atoms with Crippen LogP contribution in [-0.4, -0.2) is 87.3 Å². The minimum atomic E-state index is -2.41. The van der Waals surface area contributed by atoms with Gasteiger partial charge in [0, 0.05) is 24.8 Å². The molecule has 8 nitrogen and oxygen atoms in total. The van der Waals surface area contributed by atoms with E-state index < -0.39 is 45.5 Å². The van der Waals surface area contributed by atoms with E-state index in [1.54, 1.807) is 0 Å². The highest BCUT2D eigenvalue weighted by molar-refractivity contribution is 7.36. The first-order chi connectivity index (χ1) is 9.96. The van der Waals surface area contributed by atoms with Crippen LogP contribution in [-0.2, 0) is 13.8 Å². The molecule has 0 aliphatic carbocycles. The van der Waals surface area contributed by atoms with Crippen molar-refractivity contribution in [1.29, 1.82) is 0 Å². The van der Waals surface area contributed by atoms with Gasteiger partial charge < -0.3 is 25.2 Å². The summed E-state index contributed by atoms with van der Waals surface area (Å²) < 4.78 is 23.6. The molecular formula is C10H19Cl2NO7P. The molecule has 0 spiro atoms. The number of hydrogen-bond donors (Lipinski definition) is 4. The molecule has 1 radical (unpaired) electrons. The zero-order valence-corrected chi connectivity index (χ0v) is 13.5. The van der Waals surface area contributed by atoms with Crippen molar-refractivity contribution in [3.8, 4) is 0 Å². The number of alkyl halides is 2. The lowest BCUT2D eigenvalue weighted by Gasteiger charge is -2.39. The monoisotopic (exact) mass is 366 g/mol. The predicted octanol–water partition coefficient (Wildman–Crippen LogP) is -0.760. The molecule has 21 heavy (non-hydrogen) atoms. The Bertz CT molecular complexity index is 333. The first-order valence-electron chi connectivity index (χ1n) is 6.27. The number of rotatable bonds is 8. The van der Waals surface area contributed by atoms with Gasteiger partial charge in [-0.25, -0.2) is 9.24 Å². The Kier molecular flexibility index (Phi) is 8.82. The van der Waals surface area contributed by atoms with Gasteiger partial charge in [-0.3, -0.25) is 4.52 Å². The highest BCUT2D eigenvalue weighted by atomic mass is 35.5. The summed E-state index contributed by atoms with van der Waals surface area (Å²) in [5.74, 6) is 0.409. The maximum Gasteiger partial charge on any atom is 0.300 e. The Morgan fingerprint density at radius 3 is 2.14 bits per heavy atom. The molecule has 1 saturated heterocycles. The van der Waals surface area contributed by atoms with Gasteiger partial charge in [0.05, 0.1) is 6.61 Å². The van der Waals surface area contributed by atoms with Gasteiger partial charge in [0.2, 0.25) is 0 Å². The zero-order chi connectivity index (χ0) is 16.0. The fourth-order valence-corrected chi connectivity index (χ4v) is 3.44. The Morgan fingerprint density at radius 1 is 1.10 bits per heavy atom. The molecule has 0 aromatic carbocycles. The molecule has 1 aliphatic heterocycles. The first kappa shape index (κ1) is 19.4. The maximum absolute atomic E-state index is 12.1. The van der Waals surface area contributed by atoms with E-state index in [0.717, 1.165) is 0 Å². The van der Waals surface area contributed by atoms with E-state index in [1.807, 2.05) is 0 Å². The van der Waals surface area contributed by atoms with Crippen molar-refractivity contribution in [3.05, 3.63) is 0 Å². The van der Waals surface area contributed by atoms with E-state index in [9.17, 15) is 19.9 Å². The number of nitrogens with zero attached hydrogens (tertiary/aromatic N) is 1. The van der Waals surface area contributed by atoms with Crippen LogP contribution in [0.3, 0.4) is 0 Å². The molecule has 1 aliphatic rings. The lowest BCUT2D eigenvalue weighted by Crippen LogP contribution is -2.58. The minimum absolute atomic E-state index is 0.204. The number of aliphatic hydroxyl groups is 4. The maximum atomic E-state index is 12.1. The van der Waals surface area contributed by atoms with Gasteiger partial charge in [-0.15, -0.1) is 23.2 Å². The topological polar surface area (TPSA) is 120 Å². The standard InChI is InChI=1S/C10H19Cl2NO7P/c11-1-3-13(4-2-12)21(18)20-10-9(17)8(16)7(15)6(5-14)19-10/h6-10,14-17H,1-5H2/t6-,7-,8+,9-,10+/m1/s1. The molecule has 0 aromatic rings. The molecule has 1 heterocycles. The minimum Gasteiger partial charge on any atom is -0.394 e. The van der Waals surface area contributed by atoms with Crippen LogP contribution in [0, 0.1) is 0 Å². The van der Waals surface area contributed by atoms with Crippen molar-refractivity contribution in [2.75, 3.05) is 31.5 Å². The molecule has 6 atom stereocenters. The van der Waals surface area contributed by atoms with E-state index in [2.05, 4.69) is 0 Å². The average Bonchev–Trinajstić information content (AvgIpc) is 2.47. The van der Waals surface area contributed by atoms with E-state index >= 15 is 0 Å². The summed E-state index contributed by atoms with van der Waals surface area (Å²) in [6.45, 7) is -0.0868. The molecular weight excluding hydrogens is 348 g/mol. The van der Waals surface area contributed by atoms with Crippen molar-refractivity contribution >= 4 is 31.4 Å². The summed E-state index contributed by atoms with van der Waals surface area (Å²) in [7, 11) is -2.41. The number of halogens is 2. The molecule has 125 valence electrons. The molecule has 1 rings (SSSR count). The number of aliphatic hydroxyl groups excluding tert-OH is 4. The van der Waals surface area contributed by atoms with Gasteiger partial charge in [0.15, 0.2) is 6.29 Å². The third-order valence-corrected chi connectivity index (χ3v) is 4.55. The Hall–Kier alpha value is 0.400. The van der Waals surface area contributed by atoms with Crippen LogP contribution in [0.4, 0.5) is 0 Å².